The Kier molecular flexibility index (Phi) is 8.71. The van der Waals surface area contributed by atoms with Crippen molar-refractivity contribution in [2.24, 2.45) is 11.8 Å². The van der Waals surface area contributed by atoms with Gasteiger partial charge in [0.25, 0.3) is 0 Å². The van der Waals surface area contributed by atoms with Gasteiger partial charge < -0.3 is 4.90 Å². The van der Waals surface area contributed by atoms with Crippen molar-refractivity contribution in [3.05, 3.63) is 242 Å². The van der Waals surface area contributed by atoms with E-state index >= 15 is 0 Å². The normalized spacial score (nSPS) is 15.7. The first kappa shape index (κ1) is 34.7. The van der Waals surface area contributed by atoms with Crippen molar-refractivity contribution in [2.45, 2.75) is 0 Å². The molecular weight excluding hydrogens is 711 g/mol. The van der Waals surface area contributed by atoms with Gasteiger partial charge in [0.05, 0.1) is 5.69 Å². The van der Waals surface area contributed by atoms with Crippen molar-refractivity contribution in [1.82, 2.24) is 0 Å². The predicted molar refractivity (Wildman–Crippen MR) is 252 cm³/mol. The number of allylic oxidation sites excluding steroid dienone is 8. The second-order valence-electron chi connectivity index (χ2n) is 15.7. The molecule has 2 atom stereocenters. The van der Waals surface area contributed by atoms with Gasteiger partial charge in [-0.2, -0.15) is 0 Å². The highest BCUT2D eigenvalue weighted by Gasteiger charge is 2.21. The molecule has 1 heteroatoms. The summed E-state index contributed by atoms with van der Waals surface area (Å²) in [5.41, 5.74) is 12.9. The van der Waals surface area contributed by atoms with Crippen molar-refractivity contribution in [3.63, 3.8) is 0 Å². The summed E-state index contributed by atoms with van der Waals surface area (Å²) in [5, 5.41) is 7.64. The molecule has 9 aromatic carbocycles. The molecule has 11 rings (SSSR count). The number of benzene rings is 9. The molecule has 0 N–H and O–H groups in total. The molecule has 0 heterocycles. The Hall–Kier alpha value is -7.48. The van der Waals surface area contributed by atoms with Crippen LogP contribution in [0.25, 0.3) is 71.3 Å². The maximum Gasteiger partial charge on any atom is 0.0540 e. The van der Waals surface area contributed by atoms with Crippen LogP contribution in [-0.2, 0) is 0 Å². The van der Waals surface area contributed by atoms with Crippen LogP contribution in [0, 0.1) is 11.8 Å². The topological polar surface area (TPSA) is 3.24 Å². The fraction of sp³-hybridized carbons (Fsp3) is 0.0345. The van der Waals surface area contributed by atoms with Gasteiger partial charge in [-0.15, -0.1) is 0 Å². The zero-order valence-electron chi connectivity index (χ0n) is 32.6. The van der Waals surface area contributed by atoms with Crippen LogP contribution in [0.3, 0.4) is 0 Å². The van der Waals surface area contributed by atoms with Gasteiger partial charge >= 0.3 is 0 Å². The third-order valence-corrected chi connectivity index (χ3v) is 12.2. The molecule has 0 spiro atoms. The highest BCUT2D eigenvalue weighted by atomic mass is 15.1. The molecular formula is C58H41N. The lowest BCUT2D eigenvalue weighted by atomic mass is 9.81. The lowest BCUT2D eigenvalue weighted by Crippen LogP contribution is -2.12. The smallest absolute Gasteiger partial charge is 0.0540 e. The highest BCUT2D eigenvalue weighted by molar-refractivity contribution is 6.17. The molecule has 278 valence electrons. The zero-order chi connectivity index (χ0) is 39.1. The van der Waals surface area contributed by atoms with Gasteiger partial charge in [0.2, 0.25) is 0 Å². The van der Waals surface area contributed by atoms with Crippen LogP contribution < -0.4 is 4.90 Å². The molecule has 2 aliphatic carbocycles. The first-order valence-electron chi connectivity index (χ1n) is 20.6. The van der Waals surface area contributed by atoms with Crippen LogP contribution >= 0.6 is 0 Å². The fourth-order valence-corrected chi connectivity index (χ4v) is 9.11. The molecule has 0 saturated carbocycles. The fourth-order valence-electron chi connectivity index (χ4n) is 9.11. The maximum absolute atomic E-state index is 2.43. The lowest BCUT2D eigenvalue weighted by Gasteiger charge is -2.29. The Balaban J connectivity index is 1.06. The van der Waals surface area contributed by atoms with E-state index in [0.717, 1.165) is 17.1 Å². The summed E-state index contributed by atoms with van der Waals surface area (Å²) in [7, 11) is 0. The first-order valence-corrected chi connectivity index (χ1v) is 20.6. The maximum atomic E-state index is 2.43. The molecule has 0 saturated heterocycles. The van der Waals surface area contributed by atoms with Crippen molar-refractivity contribution >= 4 is 55.0 Å². The standard InChI is InChI=1S/C58H41N/c1-3-12-40(13-4-1)47-19-11-20-52(37-47)59(51-31-26-42(27-32-51)48-24-22-41-14-7-8-18-46(41)36-48)58-35-30-50(39-57(58)43-15-5-2-6-16-43)49-25-23-45-29-33-54-53-21-10-9-17-44(53)28-34-55(54)56(45)38-49/h1-39,41,46H. The van der Waals surface area contributed by atoms with E-state index < -0.39 is 0 Å². The van der Waals surface area contributed by atoms with Gasteiger partial charge in [-0.25, -0.2) is 0 Å². The minimum atomic E-state index is 0.394. The minimum absolute atomic E-state index is 0.394. The number of nitrogens with zero attached hydrogens (tertiary/aromatic N) is 1. The number of rotatable bonds is 7. The minimum Gasteiger partial charge on any atom is -0.310 e. The van der Waals surface area contributed by atoms with Crippen LogP contribution in [0.1, 0.15) is 5.56 Å². The quantitative estimate of drug-likeness (QED) is 0.147. The van der Waals surface area contributed by atoms with Gasteiger partial charge in [0.15, 0.2) is 0 Å². The van der Waals surface area contributed by atoms with E-state index in [9.17, 15) is 0 Å². The van der Waals surface area contributed by atoms with Crippen LogP contribution in [0.5, 0.6) is 0 Å². The SMILES string of the molecule is C1=CC2C=CC(c3ccc(N(c4cccc(-c5ccccc5)c4)c4ccc(-c5ccc6ccc7c8ccccc8ccc7c6c5)cc4-c4ccccc4)cc3)=CC2C=C1. The summed E-state index contributed by atoms with van der Waals surface area (Å²) in [6.45, 7) is 0. The van der Waals surface area contributed by atoms with Crippen molar-refractivity contribution in [1.29, 1.82) is 0 Å². The molecule has 2 unspecified atom stereocenters. The average molecular weight is 752 g/mol. The summed E-state index contributed by atoms with van der Waals surface area (Å²) >= 11 is 0. The lowest BCUT2D eigenvalue weighted by molar-refractivity contribution is 0.663. The Morgan fingerprint density at radius 2 is 0.949 bits per heavy atom. The van der Waals surface area contributed by atoms with Gasteiger partial charge in [0, 0.05) is 28.8 Å². The monoisotopic (exact) mass is 751 g/mol. The second kappa shape index (κ2) is 14.8. The van der Waals surface area contributed by atoms with E-state index in [-0.39, 0.29) is 0 Å². The molecule has 9 aromatic rings. The highest BCUT2D eigenvalue weighted by Crippen LogP contribution is 2.45. The zero-order valence-corrected chi connectivity index (χ0v) is 32.6. The van der Waals surface area contributed by atoms with E-state index in [2.05, 4.69) is 242 Å². The van der Waals surface area contributed by atoms with Crippen LogP contribution in [-0.4, -0.2) is 0 Å². The largest absolute Gasteiger partial charge is 0.310 e. The molecule has 0 amide bonds. The molecule has 1 nitrogen and oxygen atoms in total. The van der Waals surface area contributed by atoms with E-state index in [1.54, 1.807) is 0 Å². The molecule has 0 aliphatic heterocycles. The number of hydrogen-bond acceptors (Lipinski definition) is 1. The first-order chi connectivity index (χ1) is 29.2. The van der Waals surface area contributed by atoms with Gasteiger partial charge in [0.1, 0.15) is 0 Å². The van der Waals surface area contributed by atoms with Crippen molar-refractivity contribution < 1.29 is 0 Å². The third kappa shape index (κ3) is 6.48. The van der Waals surface area contributed by atoms with Crippen molar-refractivity contribution in [2.75, 3.05) is 4.90 Å². The molecule has 0 aromatic heterocycles. The van der Waals surface area contributed by atoms with E-state index in [4.69, 9.17) is 0 Å². The van der Waals surface area contributed by atoms with Crippen molar-refractivity contribution in [3.8, 4) is 33.4 Å². The molecule has 0 bridgehead atoms. The summed E-state index contributed by atoms with van der Waals surface area (Å²) in [5.74, 6) is 0.828. The molecule has 2 aliphatic rings. The third-order valence-electron chi connectivity index (χ3n) is 12.2. The molecule has 59 heavy (non-hydrogen) atoms. The van der Waals surface area contributed by atoms with Gasteiger partial charge in [-0.3, -0.25) is 0 Å². The van der Waals surface area contributed by atoms with E-state index in [0.29, 0.717) is 11.8 Å². The van der Waals surface area contributed by atoms with Crippen LogP contribution in [0.15, 0.2) is 237 Å². The van der Waals surface area contributed by atoms with Crippen LogP contribution in [0.2, 0.25) is 0 Å². The summed E-state index contributed by atoms with van der Waals surface area (Å²) < 4.78 is 0. The molecule has 0 radical (unpaired) electrons. The van der Waals surface area contributed by atoms with E-state index in [1.807, 2.05) is 0 Å². The average Bonchev–Trinajstić information content (AvgIpc) is 3.32. The second-order valence-corrected chi connectivity index (χ2v) is 15.7. The van der Waals surface area contributed by atoms with Crippen LogP contribution in [0.4, 0.5) is 17.1 Å². The predicted octanol–water partition coefficient (Wildman–Crippen LogP) is 15.9. The Labute approximate surface area is 345 Å². The Morgan fingerprint density at radius 3 is 1.76 bits per heavy atom. The summed E-state index contributed by atoms with van der Waals surface area (Å²) in [6.07, 6.45) is 15.9. The van der Waals surface area contributed by atoms with E-state index in [1.165, 1.54) is 76.8 Å². The summed E-state index contributed by atoms with van der Waals surface area (Å²) in [4.78, 5) is 2.43. The number of fused-ring (bicyclic) bond motifs is 6. The molecule has 0 fully saturated rings. The number of anilines is 3. The van der Waals surface area contributed by atoms with Gasteiger partial charge in [-0.05, 0) is 114 Å². The van der Waals surface area contributed by atoms with Gasteiger partial charge in [-0.1, -0.05) is 194 Å². The summed E-state index contributed by atoms with van der Waals surface area (Å²) in [6, 6.07) is 71.3. The Morgan fingerprint density at radius 1 is 0.339 bits per heavy atom. The number of hydrogen-bond donors (Lipinski definition) is 0. The Bertz CT molecular complexity index is 3150.